The Morgan fingerprint density at radius 1 is 0.568 bits per heavy atom. The summed E-state index contributed by atoms with van der Waals surface area (Å²) in [5.41, 5.74) is 0. The molecule has 0 N–H and O–H groups in total. The molecule has 1 rings (SSSR count). The molecule has 44 heavy (non-hydrogen) atoms. The van der Waals surface area contributed by atoms with E-state index in [0.29, 0.717) is 24.7 Å². The fourth-order valence-electron chi connectivity index (χ4n) is 6.80. The Kier molecular flexibility index (Phi) is 35.6. The molecule has 0 aromatic carbocycles. The summed E-state index contributed by atoms with van der Waals surface area (Å²) >= 11 is 0. The molecule has 0 aromatic rings. The zero-order valence-electron chi connectivity index (χ0n) is 28.8. The summed E-state index contributed by atoms with van der Waals surface area (Å²) < 4.78 is 9.07. The Labute approximate surface area is 323 Å². The van der Waals surface area contributed by atoms with Gasteiger partial charge in [-0.1, -0.05) is 128 Å². The van der Waals surface area contributed by atoms with Crippen molar-refractivity contribution < 1.29 is 84.5 Å². The first kappa shape index (κ1) is 46.7. The van der Waals surface area contributed by atoms with E-state index in [-0.39, 0.29) is 77.4 Å². The predicted molar refractivity (Wildman–Crippen MR) is 177 cm³/mol. The van der Waals surface area contributed by atoms with E-state index in [0.717, 1.165) is 37.5 Å². The molecule has 4 unspecified atom stereocenters. The number of carbonyl (C=O) groups excluding carboxylic acids is 2. The Hall–Kier alpha value is 0.628. The smallest absolute Gasteiger partial charge is 0.274 e. The molecule has 0 aromatic heterocycles. The van der Waals surface area contributed by atoms with Gasteiger partial charge in [0.05, 0.1) is 0 Å². The average Bonchev–Trinajstić information content (AvgIpc) is 3.00. The number of esters is 2. The van der Waals surface area contributed by atoms with Gasteiger partial charge in [-0.15, -0.1) is 0 Å². The van der Waals surface area contributed by atoms with E-state index in [4.69, 9.17) is 0 Å². The van der Waals surface area contributed by atoms with Crippen molar-refractivity contribution >= 4 is 11.9 Å². The summed E-state index contributed by atoms with van der Waals surface area (Å²) in [5, 5.41) is 0. The van der Waals surface area contributed by atoms with Crippen LogP contribution in [0.5, 0.6) is 0 Å². The molecule has 0 fully saturated rings. The van der Waals surface area contributed by atoms with Crippen molar-refractivity contribution in [3.05, 3.63) is 38.5 Å². The summed E-state index contributed by atoms with van der Waals surface area (Å²) in [7, 11) is 6.44. The Bertz CT molecular complexity index is 724. The van der Waals surface area contributed by atoms with Crippen molar-refractivity contribution in [3.8, 4) is 0 Å². The topological polar surface area (TPSA) is 52.6 Å². The van der Waals surface area contributed by atoms with Gasteiger partial charge < -0.3 is 9.47 Å². The predicted octanol–water partition coefficient (Wildman–Crippen LogP) is 11.6. The minimum atomic E-state index is -0.194. The number of rotatable bonds is 27. The Balaban J connectivity index is 0. The average molecular weight is 765 g/mol. The van der Waals surface area contributed by atoms with Crippen molar-refractivity contribution in [2.45, 2.75) is 168 Å². The molecule has 250 valence electrons. The number of hydrogen-bond acceptors (Lipinski definition) is 4. The first-order chi connectivity index (χ1) is 20.6. The molecule has 0 saturated carbocycles. The van der Waals surface area contributed by atoms with Gasteiger partial charge in [0.15, 0.2) is 0 Å². The number of ether oxygens (including phenoxy) is 2. The van der Waals surface area contributed by atoms with Gasteiger partial charge >= 0.3 is 0 Å². The Morgan fingerprint density at radius 3 is 1.52 bits per heavy atom. The van der Waals surface area contributed by atoms with Crippen LogP contribution in [0, 0.1) is 37.9 Å². The van der Waals surface area contributed by atoms with Crippen LogP contribution in [0.25, 0.3) is 0 Å². The van der Waals surface area contributed by atoms with E-state index in [1.165, 1.54) is 116 Å². The van der Waals surface area contributed by atoms with Crippen molar-refractivity contribution in [3.63, 3.8) is 0 Å². The number of allylic oxidation sites excluding steroid dienone is 4. The molecule has 1 aliphatic carbocycles. The van der Waals surface area contributed by atoms with Gasteiger partial charge in [0, 0.05) is 78.3 Å². The van der Waals surface area contributed by atoms with Crippen molar-refractivity contribution in [2.24, 2.45) is 23.7 Å². The van der Waals surface area contributed by atoms with Crippen LogP contribution in [0.2, 0.25) is 0 Å². The van der Waals surface area contributed by atoms with Gasteiger partial charge in [0.2, 0.25) is 0 Å². The minimum Gasteiger partial charge on any atom is -0.640 e. The van der Waals surface area contributed by atoms with E-state index < -0.39 is 0 Å². The van der Waals surface area contributed by atoms with Crippen LogP contribution in [0.1, 0.15) is 168 Å². The van der Waals surface area contributed by atoms with E-state index in [1.807, 2.05) is 0 Å². The van der Waals surface area contributed by atoms with Crippen LogP contribution in [-0.4, -0.2) is 11.9 Å². The van der Waals surface area contributed by atoms with Crippen LogP contribution in [0.15, 0.2) is 24.3 Å². The molecule has 0 spiro atoms. The SMILES string of the molecule is [CH2-]OC(=O)CCCCCCCC1C=CC(CCCCCC)C(C/C=C\CCCCC)C1CCCCCCCC(=O)O[CH2-].[Y].[Y]. The zero-order chi connectivity index (χ0) is 30.7. The second-order valence-electron chi connectivity index (χ2n) is 12.7. The summed E-state index contributed by atoms with van der Waals surface area (Å²) in [6.07, 6.45) is 38.4. The largest absolute Gasteiger partial charge is 0.640 e. The molecule has 1 aliphatic rings. The normalized spacial score (nSPS) is 19.4. The third-order valence-corrected chi connectivity index (χ3v) is 9.35. The molecule has 2 radical (unpaired) electrons. The van der Waals surface area contributed by atoms with Crippen LogP contribution in [0.4, 0.5) is 0 Å². The molecular formula is C38H66O4Y2-2. The standard InChI is InChI=1S/C38H66O4.2Y/c1-5-7-9-11-15-21-27-35-33(25-19-10-8-6-2)31-32-34(26-20-14-12-17-23-29-37(39)41-3)36(35)28-22-16-13-18-24-30-38(40)42-4;;/h15,21,31-36H,3-14,16-20,22-30H2,1-2H3;;/q-2;;/b21-15-;;. The van der Waals surface area contributed by atoms with Gasteiger partial charge in [0.1, 0.15) is 0 Å². The molecule has 4 atom stereocenters. The first-order valence-corrected chi connectivity index (χ1v) is 17.8. The summed E-state index contributed by atoms with van der Waals surface area (Å²) in [6.45, 7) is 4.58. The molecule has 0 heterocycles. The quantitative estimate of drug-likeness (QED) is 0.0362. The second kappa shape index (κ2) is 33.5. The maximum atomic E-state index is 11.4. The fraction of sp³-hybridized carbons (Fsp3) is 0.789. The van der Waals surface area contributed by atoms with Crippen LogP contribution in [-0.2, 0) is 84.5 Å². The molecule has 0 bridgehead atoms. The zero-order valence-corrected chi connectivity index (χ0v) is 34.5. The van der Waals surface area contributed by atoms with Crippen LogP contribution < -0.4 is 0 Å². The summed E-state index contributed by atoms with van der Waals surface area (Å²) in [5.74, 6) is 2.53. The maximum Gasteiger partial charge on any atom is 0.274 e. The number of hydrogen-bond donors (Lipinski definition) is 0. The van der Waals surface area contributed by atoms with Crippen LogP contribution >= 0.6 is 0 Å². The van der Waals surface area contributed by atoms with Gasteiger partial charge in [-0.3, -0.25) is 9.59 Å². The molecule has 0 saturated heterocycles. The van der Waals surface area contributed by atoms with E-state index >= 15 is 0 Å². The molecule has 6 heteroatoms. The maximum absolute atomic E-state index is 11.4. The van der Waals surface area contributed by atoms with Crippen molar-refractivity contribution in [2.75, 3.05) is 0 Å². The number of unbranched alkanes of at least 4 members (excludes halogenated alkanes) is 14. The van der Waals surface area contributed by atoms with Crippen molar-refractivity contribution in [1.82, 2.24) is 0 Å². The third kappa shape index (κ3) is 23.9. The molecular weight excluding hydrogens is 698 g/mol. The van der Waals surface area contributed by atoms with Crippen LogP contribution in [0.3, 0.4) is 0 Å². The monoisotopic (exact) mass is 764 g/mol. The third-order valence-electron chi connectivity index (χ3n) is 9.35. The van der Waals surface area contributed by atoms with Gasteiger partial charge in [-0.25, -0.2) is 0 Å². The first-order valence-electron chi connectivity index (χ1n) is 17.8. The summed E-state index contributed by atoms with van der Waals surface area (Å²) in [4.78, 5) is 22.7. The van der Waals surface area contributed by atoms with Gasteiger partial charge in [-0.2, -0.15) is 14.2 Å². The van der Waals surface area contributed by atoms with Gasteiger partial charge in [0.25, 0.3) is 11.9 Å². The summed E-state index contributed by atoms with van der Waals surface area (Å²) in [6, 6.07) is 0. The molecule has 0 aliphatic heterocycles. The number of carbonyl (C=O) groups is 2. The van der Waals surface area contributed by atoms with E-state index in [2.05, 4.69) is 61.8 Å². The van der Waals surface area contributed by atoms with E-state index in [9.17, 15) is 9.59 Å². The van der Waals surface area contributed by atoms with Crippen molar-refractivity contribution in [1.29, 1.82) is 0 Å². The second-order valence-corrected chi connectivity index (χ2v) is 12.7. The fourth-order valence-corrected chi connectivity index (χ4v) is 6.80. The van der Waals surface area contributed by atoms with Gasteiger partial charge in [-0.05, 0) is 75.0 Å². The molecule has 4 nitrogen and oxygen atoms in total. The Morgan fingerprint density at radius 2 is 1.00 bits per heavy atom. The van der Waals surface area contributed by atoms with E-state index in [1.54, 1.807) is 0 Å². The molecule has 0 amide bonds. The minimum absolute atomic E-state index is 0.